The lowest BCUT2D eigenvalue weighted by Gasteiger charge is -2.34. The average molecular weight is 470 g/mol. The highest BCUT2D eigenvalue weighted by Crippen LogP contribution is 2.43. The summed E-state index contributed by atoms with van der Waals surface area (Å²) in [6.07, 6.45) is 2.20. The van der Waals surface area contributed by atoms with Crippen molar-refractivity contribution in [2.75, 3.05) is 17.2 Å². The highest BCUT2D eigenvalue weighted by Gasteiger charge is 2.62. The SMILES string of the molecule is N#Cc1ccc(N2C(=O)[C@@H]3[C@@H]4C[C@@H](CN4C(=O)CSc4ccccc4)N3C2=O)c2cccnc12. The Morgan fingerprint density at radius 3 is 2.74 bits per heavy atom. The Morgan fingerprint density at radius 2 is 1.94 bits per heavy atom. The zero-order valence-corrected chi connectivity index (χ0v) is 18.8. The van der Waals surface area contributed by atoms with Gasteiger partial charge in [0.15, 0.2) is 0 Å². The second-order valence-corrected chi connectivity index (χ2v) is 9.61. The molecule has 4 amide bonds. The number of benzene rings is 2. The fourth-order valence-corrected chi connectivity index (χ4v) is 6.16. The number of aromatic nitrogens is 1. The Bertz CT molecular complexity index is 1390. The van der Waals surface area contributed by atoms with Crippen LogP contribution in [0.15, 0.2) is 65.7 Å². The van der Waals surface area contributed by atoms with Crippen LogP contribution in [0.25, 0.3) is 10.9 Å². The van der Waals surface area contributed by atoms with E-state index in [0.717, 1.165) is 4.90 Å². The summed E-state index contributed by atoms with van der Waals surface area (Å²) in [5.74, 6) is -0.0640. The van der Waals surface area contributed by atoms with Gasteiger partial charge in [-0.05, 0) is 42.8 Å². The zero-order valence-electron chi connectivity index (χ0n) is 18.0. The molecule has 3 atom stereocenters. The Morgan fingerprint density at radius 1 is 1.12 bits per heavy atom. The lowest BCUT2D eigenvalue weighted by atomic mass is 10.1. The van der Waals surface area contributed by atoms with Gasteiger partial charge in [-0.25, -0.2) is 9.69 Å². The van der Waals surface area contributed by atoms with Crippen molar-refractivity contribution in [2.45, 2.75) is 29.4 Å². The van der Waals surface area contributed by atoms with E-state index in [0.29, 0.717) is 35.1 Å². The first kappa shape index (κ1) is 20.7. The molecule has 0 unspecified atom stereocenters. The van der Waals surface area contributed by atoms with Gasteiger partial charge in [-0.1, -0.05) is 18.2 Å². The van der Waals surface area contributed by atoms with Crippen LogP contribution in [-0.4, -0.2) is 63.1 Å². The Labute approximate surface area is 199 Å². The van der Waals surface area contributed by atoms with Crippen molar-refractivity contribution in [2.24, 2.45) is 0 Å². The molecule has 4 heterocycles. The lowest BCUT2D eigenvalue weighted by molar-refractivity contribution is -0.133. The number of amides is 4. The molecule has 3 aromatic rings. The molecule has 34 heavy (non-hydrogen) atoms. The zero-order chi connectivity index (χ0) is 23.4. The number of hydrogen-bond donors (Lipinski definition) is 0. The monoisotopic (exact) mass is 469 g/mol. The van der Waals surface area contributed by atoms with Gasteiger partial charge in [0.1, 0.15) is 12.1 Å². The smallest absolute Gasteiger partial charge is 0.332 e. The van der Waals surface area contributed by atoms with Crippen molar-refractivity contribution < 1.29 is 14.4 Å². The molecule has 168 valence electrons. The predicted octanol–water partition coefficient (Wildman–Crippen LogP) is 3.02. The fraction of sp³-hybridized carbons (Fsp3) is 0.240. The van der Waals surface area contributed by atoms with Crippen molar-refractivity contribution in [3.05, 3.63) is 66.4 Å². The second-order valence-electron chi connectivity index (χ2n) is 8.56. The Balaban J connectivity index is 1.27. The number of likely N-dealkylation sites (tertiary alicyclic amines) is 1. The summed E-state index contributed by atoms with van der Waals surface area (Å²) < 4.78 is 0. The van der Waals surface area contributed by atoms with E-state index in [9.17, 15) is 19.6 Å². The van der Waals surface area contributed by atoms with E-state index >= 15 is 0 Å². The van der Waals surface area contributed by atoms with E-state index in [1.54, 1.807) is 40.3 Å². The molecule has 2 aromatic carbocycles. The topological polar surface area (TPSA) is 97.6 Å². The third-order valence-electron chi connectivity index (χ3n) is 6.80. The van der Waals surface area contributed by atoms with Crippen LogP contribution in [0, 0.1) is 11.3 Å². The number of piperazine rings is 1. The summed E-state index contributed by atoms with van der Waals surface area (Å²) in [6, 6.07) is 17.0. The van der Waals surface area contributed by atoms with E-state index < -0.39 is 6.04 Å². The standard InChI is InChI=1S/C25H19N5O3S/c26-12-15-8-9-19(18-7-4-10-27-22(15)18)30-24(32)23-20-11-16(29(23)25(30)33)13-28(20)21(31)14-34-17-5-2-1-3-6-17/h1-10,16,20,23H,11,13-14H2/t16-,20-,23-/m0/s1. The minimum atomic E-state index is -0.681. The summed E-state index contributed by atoms with van der Waals surface area (Å²) in [5.41, 5.74) is 1.25. The van der Waals surface area contributed by atoms with Crippen LogP contribution in [0.3, 0.4) is 0 Å². The molecule has 3 aliphatic heterocycles. The van der Waals surface area contributed by atoms with Gasteiger partial charge in [0.2, 0.25) is 5.91 Å². The van der Waals surface area contributed by atoms with Gasteiger partial charge < -0.3 is 9.80 Å². The highest BCUT2D eigenvalue weighted by atomic mass is 32.2. The third-order valence-corrected chi connectivity index (χ3v) is 7.80. The molecule has 0 radical (unpaired) electrons. The van der Waals surface area contributed by atoms with Crippen LogP contribution in [-0.2, 0) is 9.59 Å². The van der Waals surface area contributed by atoms with Crippen LogP contribution in [0.4, 0.5) is 10.5 Å². The number of carbonyl (C=O) groups is 3. The van der Waals surface area contributed by atoms with E-state index in [1.165, 1.54) is 16.7 Å². The van der Waals surface area contributed by atoms with E-state index in [2.05, 4.69) is 11.1 Å². The van der Waals surface area contributed by atoms with Crippen molar-refractivity contribution in [3.8, 4) is 6.07 Å². The van der Waals surface area contributed by atoms with Gasteiger partial charge in [-0.3, -0.25) is 14.6 Å². The molecule has 3 saturated heterocycles. The number of fused-ring (bicyclic) bond motifs is 6. The van der Waals surface area contributed by atoms with Crippen LogP contribution < -0.4 is 4.90 Å². The molecule has 6 rings (SSSR count). The Hall–Kier alpha value is -3.90. The summed E-state index contributed by atoms with van der Waals surface area (Å²) in [6.45, 7) is 0.442. The first-order valence-electron chi connectivity index (χ1n) is 11.0. The van der Waals surface area contributed by atoms with Crippen molar-refractivity contribution in [3.63, 3.8) is 0 Å². The lowest BCUT2D eigenvalue weighted by Crippen LogP contribution is -2.55. The van der Waals surface area contributed by atoms with Gasteiger partial charge in [0, 0.05) is 23.0 Å². The highest BCUT2D eigenvalue weighted by molar-refractivity contribution is 8.00. The number of urea groups is 1. The minimum Gasteiger partial charge on any atom is -0.334 e. The van der Waals surface area contributed by atoms with Gasteiger partial charge >= 0.3 is 6.03 Å². The van der Waals surface area contributed by atoms with Gasteiger partial charge in [0.05, 0.1) is 34.6 Å². The van der Waals surface area contributed by atoms with Crippen molar-refractivity contribution >= 4 is 46.2 Å². The molecule has 3 aliphatic rings. The quantitative estimate of drug-likeness (QED) is 0.430. The number of rotatable bonds is 4. The first-order chi connectivity index (χ1) is 16.6. The molecular formula is C25H19N5O3S. The van der Waals surface area contributed by atoms with Crippen LogP contribution in [0.2, 0.25) is 0 Å². The van der Waals surface area contributed by atoms with E-state index in [4.69, 9.17) is 0 Å². The molecule has 1 aromatic heterocycles. The number of carbonyl (C=O) groups excluding carboxylic acids is 3. The van der Waals surface area contributed by atoms with E-state index in [1.807, 2.05) is 30.3 Å². The van der Waals surface area contributed by atoms with Crippen LogP contribution in [0.1, 0.15) is 12.0 Å². The van der Waals surface area contributed by atoms with Crippen molar-refractivity contribution in [1.29, 1.82) is 5.26 Å². The third kappa shape index (κ3) is 2.99. The second kappa shape index (κ2) is 7.85. The maximum atomic E-state index is 13.6. The molecule has 2 bridgehead atoms. The summed E-state index contributed by atoms with van der Waals surface area (Å²) in [4.78, 5) is 49.9. The largest absolute Gasteiger partial charge is 0.334 e. The van der Waals surface area contributed by atoms with Gasteiger partial charge in [-0.2, -0.15) is 5.26 Å². The van der Waals surface area contributed by atoms with Crippen molar-refractivity contribution in [1.82, 2.24) is 14.8 Å². The van der Waals surface area contributed by atoms with Gasteiger partial charge in [0.25, 0.3) is 5.91 Å². The average Bonchev–Trinajstić information content (AvgIpc) is 3.54. The molecular weight excluding hydrogens is 450 g/mol. The number of nitriles is 1. The molecule has 0 N–H and O–H groups in total. The minimum absolute atomic E-state index is 0.0206. The van der Waals surface area contributed by atoms with Gasteiger partial charge in [-0.15, -0.1) is 11.8 Å². The maximum Gasteiger partial charge on any atom is 0.332 e. The number of thioether (sulfide) groups is 1. The normalized spacial score (nSPS) is 23.0. The number of anilines is 1. The summed E-state index contributed by atoms with van der Waals surface area (Å²) in [5, 5.41) is 9.99. The number of hydrogen-bond acceptors (Lipinski definition) is 6. The predicted molar refractivity (Wildman–Crippen MR) is 126 cm³/mol. The number of pyridine rings is 1. The van der Waals surface area contributed by atoms with Crippen LogP contribution in [0.5, 0.6) is 0 Å². The summed E-state index contributed by atoms with van der Waals surface area (Å²) >= 11 is 1.47. The molecule has 9 heteroatoms. The molecule has 0 saturated carbocycles. The fourth-order valence-electron chi connectivity index (χ4n) is 5.35. The molecule has 8 nitrogen and oxygen atoms in total. The van der Waals surface area contributed by atoms with Crippen LogP contribution >= 0.6 is 11.8 Å². The number of nitrogens with zero attached hydrogens (tertiary/aromatic N) is 5. The Kier molecular flexibility index (Phi) is 4.78. The van der Waals surface area contributed by atoms with E-state index in [-0.39, 0.29) is 35.7 Å². The molecule has 0 aliphatic carbocycles. The maximum absolute atomic E-state index is 13.6. The molecule has 0 spiro atoms. The number of imide groups is 1. The first-order valence-corrected chi connectivity index (χ1v) is 12.0. The summed E-state index contributed by atoms with van der Waals surface area (Å²) in [7, 11) is 0. The molecule has 3 fully saturated rings.